The molecule has 0 unspecified atom stereocenters. The molecule has 1 saturated carbocycles. The van der Waals surface area contributed by atoms with Crippen LogP contribution >= 0.6 is 0 Å². The number of rotatable bonds is 0. The first kappa shape index (κ1) is 8.64. The molecule has 0 N–H and O–H groups in total. The Morgan fingerprint density at radius 3 is 1.71 bits per heavy atom. The minimum absolute atomic E-state index is 0. The zero-order chi connectivity index (χ0) is 4.41. The first-order chi connectivity index (χ1) is 2.89. The predicted octanol–water partition coefficient (Wildman–Crippen LogP) is 1.55. The molecule has 0 spiro atoms. The fraction of sp³-hybridized carbons (Fsp3) is 1.00. The second-order valence-electron chi connectivity index (χ2n) is 2.39. The van der Waals surface area contributed by atoms with Gasteiger partial charge in [-0.2, -0.15) is 0 Å². The van der Waals surface area contributed by atoms with Crippen molar-refractivity contribution in [3.05, 3.63) is 0 Å². The zero-order valence-corrected chi connectivity index (χ0v) is 4.41. The van der Waals surface area contributed by atoms with Gasteiger partial charge >= 0.3 is 51.4 Å². The van der Waals surface area contributed by atoms with Gasteiger partial charge in [-0.1, -0.05) is 32.6 Å². The van der Waals surface area contributed by atoms with Crippen LogP contribution in [0.1, 0.15) is 32.6 Å². The molecule has 0 bridgehead atoms. The second-order valence-corrected chi connectivity index (χ2v) is 2.39. The Morgan fingerprint density at radius 2 is 1.57 bits per heavy atom. The van der Waals surface area contributed by atoms with E-state index in [0.717, 1.165) is 5.92 Å². The van der Waals surface area contributed by atoms with Crippen LogP contribution in [0.2, 0.25) is 0 Å². The topological polar surface area (TPSA) is 0 Å². The summed E-state index contributed by atoms with van der Waals surface area (Å²) in [5, 5.41) is 0. The molecule has 1 fully saturated rings. The van der Waals surface area contributed by atoms with Gasteiger partial charge < -0.3 is 0 Å². The fourth-order valence-electron chi connectivity index (χ4n) is 1.13. The van der Waals surface area contributed by atoms with Crippen molar-refractivity contribution < 1.29 is 0 Å². The van der Waals surface area contributed by atoms with E-state index >= 15 is 0 Å². The number of hydrogen-bond acceptors (Lipinski definition) is 0. The Labute approximate surface area is 88.5 Å². The molecule has 0 heterocycles. The van der Waals surface area contributed by atoms with Crippen LogP contribution in [-0.4, -0.2) is 51.4 Å². The quantitative estimate of drug-likeness (QED) is 0.430. The SMILES string of the molecule is CC1CCCC1.[KH]. The van der Waals surface area contributed by atoms with Crippen LogP contribution in [0.5, 0.6) is 0 Å². The summed E-state index contributed by atoms with van der Waals surface area (Å²) in [4.78, 5) is 0. The standard InChI is InChI=1S/C6H12.K.H/c1-6-4-2-3-5-6;;/h6H,2-5H2,1H3;;. The van der Waals surface area contributed by atoms with Gasteiger partial charge in [0.1, 0.15) is 0 Å². The Morgan fingerprint density at radius 1 is 1.14 bits per heavy atom. The van der Waals surface area contributed by atoms with Gasteiger partial charge in [-0.15, -0.1) is 0 Å². The van der Waals surface area contributed by atoms with Crippen molar-refractivity contribution in [3.63, 3.8) is 0 Å². The molecular weight excluding hydrogens is 111 g/mol. The van der Waals surface area contributed by atoms with Crippen molar-refractivity contribution in [3.8, 4) is 0 Å². The van der Waals surface area contributed by atoms with E-state index in [1.807, 2.05) is 0 Å². The molecule has 0 saturated heterocycles. The summed E-state index contributed by atoms with van der Waals surface area (Å²) < 4.78 is 0. The molecular formula is C6H13K. The van der Waals surface area contributed by atoms with Gasteiger partial charge in [-0.3, -0.25) is 0 Å². The molecule has 0 atom stereocenters. The molecule has 7 heavy (non-hydrogen) atoms. The molecule has 0 radical (unpaired) electrons. The monoisotopic (exact) mass is 124 g/mol. The summed E-state index contributed by atoms with van der Waals surface area (Å²) >= 11 is 0. The van der Waals surface area contributed by atoms with E-state index in [1.165, 1.54) is 25.7 Å². The summed E-state index contributed by atoms with van der Waals surface area (Å²) in [5.41, 5.74) is 0. The predicted molar refractivity (Wildman–Crippen MR) is 34.8 cm³/mol. The van der Waals surface area contributed by atoms with Crippen molar-refractivity contribution in [2.24, 2.45) is 5.92 Å². The van der Waals surface area contributed by atoms with Gasteiger partial charge in [0.15, 0.2) is 0 Å². The third-order valence-electron chi connectivity index (χ3n) is 1.64. The number of hydrogen-bond donors (Lipinski definition) is 0. The summed E-state index contributed by atoms with van der Waals surface area (Å²) in [7, 11) is 0. The molecule has 0 aromatic rings. The van der Waals surface area contributed by atoms with E-state index in [1.54, 1.807) is 0 Å². The first-order valence-electron chi connectivity index (χ1n) is 2.89. The van der Waals surface area contributed by atoms with Crippen LogP contribution < -0.4 is 0 Å². The molecule has 38 valence electrons. The molecule has 1 aliphatic carbocycles. The second kappa shape index (κ2) is 4.51. The summed E-state index contributed by atoms with van der Waals surface area (Å²) in [6.07, 6.45) is 5.95. The van der Waals surface area contributed by atoms with E-state index in [0.29, 0.717) is 0 Å². The van der Waals surface area contributed by atoms with Crippen molar-refractivity contribution in [1.29, 1.82) is 0 Å². The van der Waals surface area contributed by atoms with Crippen molar-refractivity contribution in [2.75, 3.05) is 0 Å². The third kappa shape index (κ3) is 3.25. The molecule has 1 heteroatoms. The summed E-state index contributed by atoms with van der Waals surface area (Å²) in [6.45, 7) is 2.34. The van der Waals surface area contributed by atoms with Crippen molar-refractivity contribution in [2.45, 2.75) is 32.6 Å². The van der Waals surface area contributed by atoms with Gasteiger partial charge in [-0.05, 0) is 5.92 Å². The van der Waals surface area contributed by atoms with Crippen LogP contribution in [-0.2, 0) is 0 Å². The molecule has 0 aromatic carbocycles. The van der Waals surface area contributed by atoms with Gasteiger partial charge in [0.05, 0.1) is 0 Å². The summed E-state index contributed by atoms with van der Waals surface area (Å²) in [6, 6.07) is 0. The third-order valence-corrected chi connectivity index (χ3v) is 1.64. The molecule has 0 nitrogen and oxygen atoms in total. The van der Waals surface area contributed by atoms with Gasteiger partial charge in [-0.25, -0.2) is 0 Å². The Hall–Kier alpha value is 1.64. The van der Waals surface area contributed by atoms with Gasteiger partial charge in [0.25, 0.3) is 0 Å². The van der Waals surface area contributed by atoms with E-state index in [9.17, 15) is 0 Å². The van der Waals surface area contributed by atoms with Crippen LogP contribution in [0.25, 0.3) is 0 Å². The maximum atomic E-state index is 2.34. The van der Waals surface area contributed by atoms with Crippen molar-refractivity contribution >= 4 is 51.4 Å². The van der Waals surface area contributed by atoms with E-state index in [-0.39, 0.29) is 51.4 Å². The normalized spacial score (nSPS) is 21.9. The van der Waals surface area contributed by atoms with E-state index in [4.69, 9.17) is 0 Å². The zero-order valence-electron chi connectivity index (χ0n) is 4.41. The maximum absolute atomic E-state index is 2.34. The molecule has 0 amide bonds. The molecule has 0 aromatic heterocycles. The van der Waals surface area contributed by atoms with Crippen LogP contribution in [0.4, 0.5) is 0 Å². The van der Waals surface area contributed by atoms with Crippen LogP contribution in [0, 0.1) is 5.92 Å². The van der Waals surface area contributed by atoms with E-state index in [2.05, 4.69) is 6.92 Å². The molecule has 0 aliphatic heterocycles. The van der Waals surface area contributed by atoms with Gasteiger partial charge in [0.2, 0.25) is 0 Å². The van der Waals surface area contributed by atoms with Crippen LogP contribution in [0.3, 0.4) is 0 Å². The average molecular weight is 124 g/mol. The van der Waals surface area contributed by atoms with Crippen LogP contribution in [0.15, 0.2) is 0 Å². The van der Waals surface area contributed by atoms with E-state index < -0.39 is 0 Å². The molecule has 1 rings (SSSR count). The minimum atomic E-state index is 0. The van der Waals surface area contributed by atoms with Crippen molar-refractivity contribution in [1.82, 2.24) is 0 Å². The Bertz CT molecular complexity index is 37.4. The average Bonchev–Trinajstić information content (AvgIpc) is 1.86. The Kier molecular flexibility index (Phi) is 5.56. The fourth-order valence-corrected chi connectivity index (χ4v) is 1.13. The summed E-state index contributed by atoms with van der Waals surface area (Å²) in [5.74, 6) is 1.05. The Balaban J connectivity index is 0.000000360. The molecule has 1 aliphatic rings. The van der Waals surface area contributed by atoms with Gasteiger partial charge in [0, 0.05) is 0 Å². The first-order valence-corrected chi connectivity index (χ1v) is 2.89.